The highest BCUT2D eigenvalue weighted by Gasteiger charge is 2.14. The first kappa shape index (κ1) is 18.9. The lowest BCUT2D eigenvalue weighted by molar-refractivity contribution is -0.120. The van der Waals surface area contributed by atoms with E-state index in [0.717, 1.165) is 24.2 Å². The SMILES string of the molecule is Cc1nn(CCCNC(=O)Cc2nc(-c3ccccc3)oc2C)c(C)c1C. The van der Waals surface area contributed by atoms with Gasteiger partial charge in [0.1, 0.15) is 5.76 Å². The average Bonchev–Trinajstić information content (AvgIpc) is 3.14. The maximum atomic E-state index is 12.2. The van der Waals surface area contributed by atoms with Crippen LogP contribution in [0.15, 0.2) is 34.7 Å². The number of aromatic nitrogens is 3. The molecule has 0 saturated heterocycles. The molecular weight excluding hydrogens is 340 g/mol. The van der Waals surface area contributed by atoms with Gasteiger partial charge in [0.15, 0.2) is 0 Å². The van der Waals surface area contributed by atoms with E-state index in [1.165, 1.54) is 11.3 Å². The number of nitrogens with zero attached hydrogens (tertiary/aromatic N) is 3. The zero-order valence-electron chi connectivity index (χ0n) is 16.4. The molecule has 0 saturated carbocycles. The molecule has 0 unspecified atom stereocenters. The van der Waals surface area contributed by atoms with Crippen molar-refractivity contribution in [3.63, 3.8) is 0 Å². The van der Waals surface area contributed by atoms with Gasteiger partial charge in [-0.15, -0.1) is 0 Å². The van der Waals surface area contributed by atoms with Gasteiger partial charge in [0.05, 0.1) is 17.8 Å². The molecule has 1 amide bonds. The summed E-state index contributed by atoms with van der Waals surface area (Å²) in [6.07, 6.45) is 1.06. The van der Waals surface area contributed by atoms with Crippen molar-refractivity contribution in [1.82, 2.24) is 20.1 Å². The smallest absolute Gasteiger partial charge is 0.226 e. The monoisotopic (exact) mass is 366 g/mol. The van der Waals surface area contributed by atoms with E-state index in [2.05, 4.69) is 29.2 Å². The van der Waals surface area contributed by atoms with Crippen molar-refractivity contribution in [3.05, 3.63) is 58.7 Å². The minimum atomic E-state index is -0.0458. The molecule has 0 spiro atoms. The van der Waals surface area contributed by atoms with Gasteiger partial charge in [-0.25, -0.2) is 4.98 Å². The molecule has 0 aliphatic rings. The number of hydrogen-bond donors (Lipinski definition) is 1. The molecule has 0 fully saturated rings. The summed E-state index contributed by atoms with van der Waals surface area (Å²) in [5, 5.41) is 7.48. The van der Waals surface area contributed by atoms with Crippen LogP contribution in [0.2, 0.25) is 0 Å². The molecule has 1 N–H and O–H groups in total. The Morgan fingerprint density at radius 2 is 1.89 bits per heavy atom. The Morgan fingerprint density at radius 3 is 2.56 bits per heavy atom. The lowest BCUT2D eigenvalue weighted by atomic mass is 10.2. The fourth-order valence-corrected chi connectivity index (χ4v) is 2.97. The standard InChI is InChI=1S/C21H26N4O2/c1-14-15(2)24-25(16(14)3)12-8-11-22-20(26)13-19-17(4)27-21(23-19)18-9-6-5-7-10-18/h5-7,9-10H,8,11-13H2,1-4H3,(H,22,26). The van der Waals surface area contributed by atoms with Gasteiger partial charge in [0, 0.05) is 24.3 Å². The molecule has 0 atom stereocenters. The van der Waals surface area contributed by atoms with Crippen molar-refractivity contribution in [2.45, 2.75) is 47.1 Å². The second-order valence-electron chi connectivity index (χ2n) is 6.79. The number of benzene rings is 1. The Morgan fingerprint density at radius 1 is 1.15 bits per heavy atom. The molecule has 3 aromatic rings. The fourth-order valence-electron chi connectivity index (χ4n) is 2.97. The number of aryl methyl sites for hydroxylation is 3. The van der Waals surface area contributed by atoms with Crippen molar-refractivity contribution in [3.8, 4) is 11.5 Å². The van der Waals surface area contributed by atoms with Crippen molar-refractivity contribution in [2.75, 3.05) is 6.54 Å². The van der Waals surface area contributed by atoms with Crippen LogP contribution in [0.4, 0.5) is 0 Å². The van der Waals surface area contributed by atoms with Crippen LogP contribution < -0.4 is 5.32 Å². The highest BCUT2D eigenvalue weighted by Crippen LogP contribution is 2.21. The molecule has 27 heavy (non-hydrogen) atoms. The Bertz CT molecular complexity index is 925. The second-order valence-corrected chi connectivity index (χ2v) is 6.79. The molecule has 2 aromatic heterocycles. The highest BCUT2D eigenvalue weighted by molar-refractivity contribution is 5.78. The largest absolute Gasteiger partial charge is 0.441 e. The Labute approximate surface area is 159 Å². The van der Waals surface area contributed by atoms with Gasteiger partial charge in [0.2, 0.25) is 11.8 Å². The number of amides is 1. The zero-order chi connectivity index (χ0) is 19.4. The molecule has 142 valence electrons. The Balaban J connectivity index is 1.50. The molecule has 6 nitrogen and oxygen atoms in total. The molecule has 0 bridgehead atoms. The van der Waals surface area contributed by atoms with Gasteiger partial charge in [-0.2, -0.15) is 5.10 Å². The van der Waals surface area contributed by atoms with Gasteiger partial charge in [-0.1, -0.05) is 18.2 Å². The predicted molar refractivity (Wildman–Crippen MR) is 104 cm³/mol. The summed E-state index contributed by atoms with van der Waals surface area (Å²) >= 11 is 0. The third-order valence-electron chi connectivity index (χ3n) is 4.85. The van der Waals surface area contributed by atoms with E-state index in [1.54, 1.807) is 0 Å². The molecular formula is C21H26N4O2. The van der Waals surface area contributed by atoms with Crippen LogP contribution in [0.25, 0.3) is 11.5 Å². The van der Waals surface area contributed by atoms with Gasteiger partial charge in [0.25, 0.3) is 0 Å². The Hall–Kier alpha value is -2.89. The molecule has 3 rings (SSSR count). The normalized spacial score (nSPS) is 11.0. The maximum Gasteiger partial charge on any atom is 0.226 e. The quantitative estimate of drug-likeness (QED) is 0.649. The summed E-state index contributed by atoms with van der Waals surface area (Å²) < 4.78 is 7.71. The van der Waals surface area contributed by atoms with E-state index in [9.17, 15) is 4.79 Å². The van der Waals surface area contributed by atoms with E-state index in [0.29, 0.717) is 23.9 Å². The summed E-state index contributed by atoms with van der Waals surface area (Å²) in [7, 11) is 0. The lowest BCUT2D eigenvalue weighted by Gasteiger charge is -2.06. The van der Waals surface area contributed by atoms with Gasteiger partial charge >= 0.3 is 0 Å². The minimum absolute atomic E-state index is 0.0458. The first-order valence-electron chi connectivity index (χ1n) is 9.24. The third kappa shape index (κ3) is 4.45. The number of hydrogen-bond acceptors (Lipinski definition) is 4. The Kier molecular flexibility index (Phi) is 5.74. The van der Waals surface area contributed by atoms with E-state index >= 15 is 0 Å². The lowest BCUT2D eigenvalue weighted by Crippen LogP contribution is -2.27. The molecule has 0 aliphatic heterocycles. The van der Waals surface area contributed by atoms with E-state index < -0.39 is 0 Å². The average molecular weight is 366 g/mol. The summed E-state index contributed by atoms with van der Waals surface area (Å²) in [6.45, 7) is 9.42. The van der Waals surface area contributed by atoms with E-state index in [4.69, 9.17) is 4.42 Å². The van der Waals surface area contributed by atoms with E-state index in [-0.39, 0.29) is 12.3 Å². The molecule has 2 heterocycles. The number of oxazole rings is 1. The first-order valence-corrected chi connectivity index (χ1v) is 9.24. The van der Waals surface area contributed by atoms with Crippen molar-refractivity contribution in [1.29, 1.82) is 0 Å². The molecule has 0 radical (unpaired) electrons. The summed E-state index contributed by atoms with van der Waals surface area (Å²) in [5.41, 5.74) is 5.07. The van der Waals surface area contributed by atoms with Crippen LogP contribution >= 0.6 is 0 Å². The van der Waals surface area contributed by atoms with Crippen LogP contribution in [0.1, 0.15) is 34.8 Å². The van der Waals surface area contributed by atoms with Crippen molar-refractivity contribution in [2.24, 2.45) is 0 Å². The summed E-state index contributed by atoms with van der Waals surface area (Å²) in [5.74, 6) is 1.19. The zero-order valence-corrected chi connectivity index (χ0v) is 16.4. The summed E-state index contributed by atoms with van der Waals surface area (Å²) in [4.78, 5) is 16.7. The van der Waals surface area contributed by atoms with Crippen LogP contribution in [0, 0.1) is 27.7 Å². The minimum Gasteiger partial charge on any atom is -0.441 e. The second kappa shape index (κ2) is 8.20. The first-order chi connectivity index (χ1) is 13.0. The van der Waals surface area contributed by atoms with Gasteiger partial charge in [-0.3, -0.25) is 9.48 Å². The van der Waals surface area contributed by atoms with Crippen LogP contribution in [-0.2, 0) is 17.8 Å². The van der Waals surface area contributed by atoms with Crippen LogP contribution in [0.5, 0.6) is 0 Å². The van der Waals surface area contributed by atoms with Gasteiger partial charge < -0.3 is 9.73 Å². The third-order valence-corrected chi connectivity index (χ3v) is 4.85. The predicted octanol–water partition coefficient (Wildman–Crippen LogP) is 3.52. The van der Waals surface area contributed by atoms with Crippen LogP contribution in [0.3, 0.4) is 0 Å². The maximum absolute atomic E-state index is 12.2. The topological polar surface area (TPSA) is 73.0 Å². The van der Waals surface area contributed by atoms with Crippen molar-refractivity contribution < 1.29 is 9.21 Å². The van der Waals surface area contributed by atoms with E-state index in [1.807, 2.05) is 48.9 Å². The summed E-state index contributed by atoms with van der Waals surface area (Å²) in [6, 6.07) is 9.70. The highest BCUT2D eigenvalue weighted by atomic mass is 16.4. The number of carbonyl (C=O) groups is 1. The number of carbonyl (C=O) groups excluding carboxylic acids is 1. The molecule has 6 heteroatoms. The van der Waals surface area contributed by atoms with Crippen molar-refractivity contribution >= 4 is 5.91 Å². The fraction of sp³-hybridized carbons (Fsp3) is 0.381. The van der Waals surface area contributed by atoms with Gasteiger partial charge in [-0.05, 0) is 51.8 Å². The molecule has 0 aliphatic carbocycles. The number of nitrogens with one attached hydrogen (secondary N) is 1. The molecule has 1 aromatic carbocycles. The van der Waals surface area contributed by atoms with Crippen LogP contribution in [-0.4, -0.2) is 27.2 Å². The number of rotatable bonds is 7.